The van der Waals surface area contributed by atoms with Crippen LogP contribution in [0.5, 0.6) is 5.75 Å². The zero-order valence-electron chi connectivity index (χ0n) is 40.0. The number of ether oxygens (including phenoxy) is 1. The first-order chi connectivity index (χ1) is 31.5. The second-order valence-electron chi connectivity index (χ2n) is 23.6. The largest absolute Gasteiger partial charge is 0.508 e. The number of aliphatic hydroxyl groups is 5. The van der Waals surface area contributed by atoms with Crippen molar-refractivity contribution >= 4 is 39.0 Å². The maximum Gasteiger partial charge on any atom is 0.234 e. The van der Waals surface area contributed by atoms with Crippen LogP contribution in [0.4, 0.5) is 5.69 Å². The van der Waals surface area contributed by atoms with Gasteiger partial charge in [-0.2, -0.15) is 0 Å². The first-order valence-electron chi connectivity index (χ1n) is 25.9. The number of aromatic hydroxyl groups is 1. The standard InChI is InChI=1S/C54H77NO9S2/c1-6-7-8-11-35-27-55-38-20-33(21-39(57)23-38)15-18-51-34-14-10-17-52(62,47-46(64-47)32(4)31(2)3)44(51)16-19-53(51,63)41-24-45(60)50(26-43(59)42(58)25-49(50,5)40(41)22-34)30-66-65-29-37-13-9-12-36(28-56)54(35,37)48(55)61/h10,14,20-21,23-24,31-32,34-37,40,42-44,46-47,56-59,62-63H,6-9,11-13,15-19,22,25-30H2,1-5H3/t32-,34-,35-,36-,37-,40+,42+,43-,44+,46+,47-,49-,50-,51-,52-,53-,54+/m1/s1. The third-order valence-electron chi connectivity index (χ3n) is 20.7. The third-order valence-corrected chi connectivity index (χ3v) is 23.3. The minimum Gasteiger partial charge on any atom is -0.508 e. The van der Waals surface area contributed by atoms with Crippen molar-refractivity contribution in [3.05, 3.63) is 47.6 Å². The first kappa shape index (κ1) is 47.8. The molecule has 1 amide bonds. The van der Waals surface area contributed by atoms with Gasteiger partial charge in [0.25, 0.3) is 0 Å². The molecule has 4 saturated carbocycles. The number of epoxide rings is 1. The molecule has 17 atom stereocenters. The number of ketones is 1. The Labute approximate surface area is 400 Å². The summed E-state index contributed by atoms with van der Waals surface area (Å²) in [5.41, 5.74) is -4.01. The zero-order valence-corrected chi connectivity index (χ0v) is 41.6. The van der Waals surface area contributed by atoms with Gasteiger partial charge in [-0.1, -0.05) is 94.0 Å². The van der Waals surface area contributed by atoms with Crippen molar-refractivity contribution < 1.29 is 45.0 Å². The van der Waals surface area contributed by atoms with Crippen LogP contribution in [0.3, 0.4) is 0 Å². The number of anilines is 1. The number of hydrogen-bond donors (Lipinski definition) is 6. The predicted octanol–water partition coefficient (Wildman–Crippen LogP) is 8.19. The molecule has 12 heteroatoms. The normalized spacial score (nSPS) is 46.8. The molecule has 0 aromatic heterocycles. The molecule has 66 heavy (non-hydrogen) atoms. The number of aliphatic hydroxyl groups excluding tert-OH is 3. The number of unbranched alkanes of at least 4 members (excludes halogenated alkanes) is 2. The van der Waals surface area contributed by atoms with Crippen LogP contribution in [-0.4, -0.2) is 103 Å². The minimum absolute atomic E-state index is 0.00393. The highest BCUT2D eigenvalue weighted by atomic mass is 33.1. The second-order valence-corrected chi connectivity index (χ2v) is 26.1. The first-order valence-corrected chi connectivity index (χ1v) is 28.3. The van der Waals surface area contributed by atoms with Crippen molar-refractivity contribution in [3.8, 4) is 5.75 Å². The molecule has 8 bridgehead atoms. The predicted molar refractivity (Wildman–Crippen MR) is 260 cm³/mol. The molecule has 5 heterocycles. The van der Waals surface area contributed by atoms with Crippen LogP contribution in [0, 0.1) is 69.0 Å². The third kappa shape index (κ3) is 6.69. The highest BCUT2D eigenvalue weighted by molar-refractivity contribution is 8.76. The summed E-state index contributed by atoms with van der Waals surface area (Å²) >= 11 is 0. The van der Waals surface area contributed by atoms with Gasteiger partial charge in [-0.3, -0.25) is 9.59 Å². The molecule has 6 fully saturated rings. The number of nitrogens with zero attached hydrogens (tertiary/aromatic N) is 1. The lowest BCUT2D eigenvalue weighted by Crippen LogP contribution is -2.68. The molecule has 12 rings (SSSR count). The fraction of sp³-hybridized carbons (Fsp3) is 0.778. The molecule has 364 valence electrons. The monoisotopic (exact) mass is 948 g/mol. The Morgan fingerprint density at radius 3 is 2.52 bits per heavy atom. The van der Waals surface area contributed by atoms with Gasteiger partial charge in [0.05, 0.1) is 34.7 Å². The smallest absolute Gasteiger partial charge is 0.234 e. The molecule has 6 aliphatic carbocycles. The number of allylic oxidation sites excluding steroid dienone is 2. The lowest BCUT2D eigenvalue weighted by Gasteiger charge is -2.66. The average Bonchev–Trinajstić information content (AvgIpc) is 3.98. The summed E-state index contributed by atoms with van der Waals surface area (Å²) in [5, 5.41) is 73.4. The summed E-state index contributed by atoms with van der Waals surface area (Å²) in [7, 11) is 3.35. The van der Waals surface area contributed by atoms with Crippen LogP contribution < -0.4 is 4.90 Å². The Kier molecular flexibility index (Phi) is 12.4. The van der Waals surface area contributed by atoms with Gasteiger partial charge in [0, 0.05) is 47.7 Å². The van der Waals surface area contributed by atoms with Crippen molar-refractivity contribution in [2.24, 2.45) is 69.0 Å². The lowest BCUT2D eigenvalue weighted by atomic mass is 9.39. The SMILES string of the molecule is CCCCC[C@@H]1CN2C(=O)[C@@]13[C@H](CCC[C@@H]3CO)CSSC[C@@]13C[C@@H](O)[C@@H](O)C[C@]1(C)[C@H]1C[C@H]4C=CC[C@](O)([C@@H]5O[C@H]5[C@H](C)C(C)C)[C@H]5CC[C@@](O)(C1=CC3=O)[C@]45CCc1cc(O)cc2c1. The van der Waals surface area contributed by atoms with E-state index in [4.69, 9.17) is 4.74 Å². The summed E-state index contributed by atoms with van der Waals surface area (Å²) in [6.45, 7) is 11.4. The van der Waals surface area contributed by atoms with Crippen molar-refractivity contribution in [3.63, 3.8) is 0 Å². The highest BCUT2D eigenvalue weighted by Crippen LogP contribution is 2.75. The number of amides is 1. The fourth-order valence-corrected chi connectivity index (χ4v) is 20.2. The van der Waals surface area contributed by atoms with Crippen LogP contribution in [0.1, 0.15) is 130 Å². The lowest BCUT2D eigenvalue weighted by molar-refractivity contribution is -0.194. The average molecular weight is 948 g/mol. The number of fused-ring (bicyclic) bond motifs is 1. The van der Waals surface area contributed by atoms with Crippen molar-refractivity contribution in [1.29, 1.82) is 0 Å². The molecule has 0 unspecified atom stereocenters. The molecule has 5 aliphatic heterocycles. The highest BCUT2D eigenvalue weighted by Gasteiger charge is 2.77. The van der Waals surface area contributed by atoms with Gasteiger partial charge < -0.3 is 40.3 Å². The van der Waals surface area contributed by atoms with Gasteiger partial charge in [0.2, 0.25) is 5.91 Å². The van der Waals surface area contributed by atoms with Crippen LogP contribution >= 0.6 is 21.6 Å². The Hall–Kier alpha value is -1.90. The molecule has 1 aromatic carbocycles. The van der Waals surface area contributed by atoms with Gasteiger partial charge in [-0.25, -0.2) is 0 Å². The molecular weight excluding hydrogens is 871 g/mol. The summed E-state index contributed by atoms with van der Waals surface area (Å²) < 4.78 is 6.52. The topological polar surface area (TPSA) is 171 Å². The van der Waals surface area contributed by atoms with E-state index in [1.54, 1.807) is 39.8 Å². The minimum atomic E-state index is -1.48. The van der Waals surface area contributed by atoms with Gasteiger partial charge >= 0.3 is 0 Å². The molecule has 0 radical (unpaired) electrons. The molecule has 2 saturated heterocycles. The Bertz CT molecular complexity index is 2130. The van der Waals surface area contributed by atoms with Crippen LogP contribution in [0.2, 0.25) is 0 Å². The number of phenols is 1. The van der Waals surface area contributed by atoms with E-state index in [2.05, 4.69) is 52.8 Å². The number of benzene rings is 1. The van der Waals surface area contributed by atoms with Crippen LogP contribution in [0.15, 0.2) is 42.0 Å². The van der Waals surface area contributed by atoms with E-state index in [1.807, 2.05) is 4.90 Å². The molecular formula is C54H77NO9S2. The van der Waals surface area contributed by atoms with E-state index in [0.717, 1.165) is 56.1 Å². The molecule has 6 N–H and O–H groups in total. The second kappa shape index (κ2) is 17.2. The number of carbonyl (C=O) groups excluding carboxylic acids is 2. The molecule has 3 spiro atoms. The summed E-state index contributed by atoms with van der Waals surface area (Å²) in [6.07, 6.45) is 13.3. The van der Waals surface area contributed by atoms with Crippen LogP contribution in [-0.2, 0) is 20.7 Å². The van der Waals surface area contributed by atoms with E-state index in [9.17, 15) is 30.6 Å². The summed E-state index contributed by atoms with van der Waals surface area (Å²) in [6, 6.07) is 5.57. The van der Waals surface area contributed by atoms with Crippen molar-refractivity contribution in [1.82, 2.24) is 0 Å². The van der Waals surface area contributed by atoms with E-state index in [1.165, 1.54) is 0 Å². The molecule has 11 aliphatic rings. The summed E-state index contributed by atoms with van der Waals surface area (Å²) in [4.78, 5) is 33.0. The van der Waals surface area contributed by atoms with Crippen LogP contribution in [0.25, 0.3) is 0 Å². The Morgan fingerprint density at radius 2 is 1.76 bits per heavy atom. The van der Waals surface area contributed by atoms with E-state index in [0.29, 0.717) is 68.2 Å². The van der Waals surface area contributed by atoms with E-state index >= 15 is 9.59 Å². The number of carbonyl (C=O) groups is 2. The Balaban J connectivity index is 1.14. The number of hydrogen-bond acceptors (Lipinski definition) is 11. The van der Waals surface area contributed by atoms with Gasteiger partial charge in [0.15, 0.2) is 5.78 Å². The van der Waals surface area contributed by atoms with Gasteiger partial charge in [0.1, 0.15) is 17.5 Å². The van der Waals surface area contributed by atoms with Crippen molar-refractivity contribution in [2.45, 2.75) is 167 Å². The summed E-state index contributed by atoms with van der Waals surface area (Å²) in [5.74, 6) is 0.684. The van der Waals surface area contributed by atoms with E-state index in [-0.39, 0.29) is 84.4 Å². The molecule has 10 nitrogen and oxygen atoms in total. The molecule has 1 aromatic rings. The fourth-order valence-electron chi connectivity index (χ4n) is 17.0. The zero-order chi connectivity index (χ0) is 46.8. The van der Waals surface area contributed by atoms with E-state index < -0.39 is 51.2 Å². The van der Waals surface area contributed by atoms with Crippen molar-refractivity contribution in [2.75, 3.05) is 29.6 Å². The van der Waals surface area contributed by atoms with Gasteiger partial charge in [-0.15, -0.1) is 0 Å². The van der Waals surface area contributed by atoms with Gasteiger partial charge in [-0.05, 0) is 147 Å². The number of aryl methyl sites for hydroxylation is 1. The number of rotatable bonds is 8. The number of phenolic OH excluding ortho intramolecular Hbond substituents is 1. The maximum absolute atomic E-state index is 15.6. The quantitative estimate of drug-likeness (QED) is 0.0643. The maximum atomic E-state index is 15.6. The Morgan fingerprint density at radius 1 is 0.970 bits per heavy atom.